The van der Waals surface area contributed by atoms with Crippen molar-refractivity contribution >= 4 is 29.2 Å². The number of benzene rings is 1. The molecule has 1 N–H and O–H groups in total. The number of ether oxygens (including phenoxy) is 1. The maximum Gasteiger partial charge on any atom is 0.269 e. The molecule has 1 fully saturated rings. The first-order valence-electron chi connectivity index (χ1n) is 9.92. The highest BCUT2D eigenvalue weighted by atomic mass is 35.5. The lowest BCUT2D eigenvalue weighted by Crippen LogP contribution is -2.33. The summed E-state index contributed by atoms with van der Waals surface area (Å²) in [6, 6.07) is 13.6. The average molecular weight is 435 g/mol. The molecule has 8 heteroatoms. The fraction of sp³-hybridized carbons (Fsp3) is 0.217. The predicted molar refractivity (Wildman–Crippen MR) is 117 cm³/mol. The Morgan fingerprint density at radius 2 is 1.97 bits per heavy atom. The minimum Gasteiger partial charge on any atom is -0.438 e. The van der Waals surface area contributed by atoms with Crippen LogP contribution in [-0.2, 0) is 4.79 Å². The number of fused-ring (bicyclic) bond motifs is 1. The summed E-state index contributed by atoms with van der Waals surface area (Å²) in [5.74, 6) is -0.0931. The highest BCUT2D eigenvalue weighted by Gasteiger charge is 2.21. The van der Waals surface area contributed by atoms with Gasteiger partial charge in [-0.2, -0.15) is 10.2 Å². The van der Waals surface area contributed by atoms with Crippen molar-refractivity contribution in [2.45, 2.75) is 31.7 Å². The number of hydrogen-bond donors (Lipinski definition) is 1. The fourth-order valence-electron chi connectivity index (χ4n) is 3.52. The minimum absolute atomic E-state index is 0.0000566. The molecule has 0 aliphatic heterocycles. The van der Waals surface area contributed by atoms with E-state index in [0.717, 1.165) is 25.7 Å². The quantitative estimate of drug-likeness (QED) is 0.481. The first-order valence-corrected chi connectivity index (χ1v) is 10.3. The van der Waals surface area contributed by atoms with E-state index in [2.05, 4.69) is 10.3 Å². The van der Waals surface area contributed by atoms with E-state index in [0.29, 0.717) is 16.4 Å². The van der Waals surface area contributed by atoms with Crippen LogP contribution in [0, 0.1) is 11.3 Å². The van der Waals surface area contributed by atoms with Crippen molar-refractivity contribution in [3.05, 3.63) is 75.2 Å². The molecular weight excluding hydrogens is 416 g/mol. The number of halogens is 1. The maximum absolute atomic E-state index is 13.1. The zero-order chi connectivity index (χ0) is 21.8. The Labute approximate surface area is 183 Å². The molecule has 31 heavy (non-hydrogen) atoms. The molecule has 0 spiro atoms. The largest absolute Gasteiger partial charge is 0.438 e. The van der Waals surface area contributed by atoms with Gasteiger partial charge in [-0.05, 0) is 55.3 Å². The van der Waals surface area contributed by atoms with Gasteiger partial charge >= 0.3 is 0 Å². The van der Waals surface area contributed by atoms with E-state index in [1.54, 1.807) is 48.7 Å². The molecule has 2 aromatic heterocycles. The van der Waals surface area contributed by atoms with E-state index < -0.39 is 11.5 Å². The fourth-order valence-corrected chi connectivity index (χ4v) is 3.65. The van der Waals surface area contributed by atoms with E-state index in [9.17, 15) is 14.9 Å². The molecule has 1 amide bonds. The summed E-state index contributed by atoms with van der Waals surface area (Å²) >= 11 is 5.93. The second-order valence-corrected chi connectivity index (χ2v) is 7.68. The van der Waals surface area contributed by atoms with Crippen molar-refractivity contribution in [3.8, 4) is 17.7 Å². The number of pyridine rings is 1. The molecule has 0 bridgehead atoms. The summed E-state index contributed by atoms with van der Waals surface area (Å²) in [5, 5.41) is 13.0. The Balaban J connectivity index is 1.78. The third-order valence-corrected chi connectivity index (χ3v) is 5.36. The highest BCUT2D eigenvalue weighted by Crippen LogP contribution is 2.25. The zero-order valence-corrected chi connectivity index (χ0v) is 17.3. The summed E-state index contributed by atoms with van der Waals surface area (Å²) < 4.78 is 7.18. The smallest absolute Gasteiger partial charge is 0.269 e. The van der Waals surface area contributed by atoms with E-state index in [1.807, 2.05) is 6.07 Å². The zero-order valence-electron chi connectivity index (χ0n) is 16.5. The molecule has 0 atom stereocenters. The maximum atomic E-state index is 13.1. The monoisotopic (exact) mass is 434 g/mol. The van der Waals surface area contributed by atoms with Crippen LogP contribution in [0.2, 0.25) is 5.02 Å². The van der Waals surface area contributed by atoms with E-state index in [1.165, 1.54) is 10.5 Å². The predicted octanol–water partition coefficient (Wildman–Crippen LogP) is 4.11. The van der Waals surface area contributed by atoms with Crippen molar-refractivity contribution in [2.75, 3.05) is 0 Å². The number of aromatic nitrogens is 2. The number of carbonyl (C=O) groups excluding carboxylic acids is 1. The van der Waals surface area contributed by atoms with Crippen LogP contribution in [0.5, 0.6) is 11.6 Å². The summed E-state index contributed by atoms with van der Waals surface area (Å²) in [5.41, 5.74) is -0.238. The van der Waals surface area contributed by atoms with Gasteiger partial charge < -0.3 is 10.1 Å². The van der Waals surface area contributed by atoms with Gasteiger partial charge in [0.1, 0.15) is 28.6 Å². The van der Waals surface area contributed by atoms with Gasteiger partial charge in [0.2, 0.25) is 5.88 Å². The van der Waals surface area contributed by atoms with Crippen LogP contribution in [-0.4, -0.2) is 21.3 Å². The number of nitrogens with zero attached hydrogens (tertiary/aromatic N) is 3. The number of amides is 1. The van der Waals surface area contributed by atoms with Gasteiger partial charge in [0.05, 0.1) is 0 Å². The standard InChI is InChI=1S/C23H19ClN4O3/c24-16-8-10-18(11-9-16)31-22-19(23(30)28-12-4-3-7-20(28)27-22)13-15(14-25)21(29)26-17-5-1-2-6-17/h3-4,7-13,17H,1-2,5-6H2,(H,26,29)/b15-13+. The van der Waals surface area contributed by atoms with Crippen LogP contribution in [0.25, 0.3) is 11.7 Å². The number of hydrogen-bond acceptors (Lipinski definition) is 5. The summed E-state index contributed by atoms with van der Waals surface area (Å²) in [6.07, 6.45) is 6.67. The van der Waals surface area contributed by atoms with Gasteiger partial charge in [0, 0.05) is 17.3 Å². The Hall–Kier alpha value is -3.63. The topological polar surface area (TPSA) is 96.5 Å². The summed E-state index contributed by atoms with van der Waals surface area (Å²) in [7, 11) is 0. The Morgan fingerprint density at radius 1 is 1.23 bits per heavy atom. The highest BCUT2D eigenvalue weighted by molar-refractivity contribution is 6.30. The number of rotatable bonds is 5. The molecule has 2 heterocycles. The molecule has 7 nitrogen and oxygen atoms in total. The van der Waals surface area contributed by atoms with Crippen LogP contribution in [0.3, 0.4) is 0 Å². The second-order valence-electron chi connectivity index (χ2n) is 7.25. The normalized spacial score (nSPS) is 14.4. The van der Waals surface area contributed by atoms with E-state index in [4.69, 9.17) is 16.3 Å². The van der Waals surface area contributed by atoms with Gasteiger partial charge in [-0.3, -0.25) is 14.0 Å². The molecule has 1 aliphatic carbocycles. The van der Waals surface area contributed by atoms with Crippen LogP contribution in [0.15, 0.2) is 59.0 Å². The van der Waals surface area contributed by atoms with Crippen LogP contribution in [0.4, 0.5) is 0 Å². The molecule has 0 radical (unpaired) electrons. The minimum atomic E-state index is -0.510. The molecule has 3 aromatic rings. The molecule has 0 saturated heterocycles. The van der Waals surface area contributed by atoms with Crippen molar-refractivity contribution in [1.29, 1.82) is 5.26 Å². The van der Waals surface area contributed by atoms with Gasteiger partial charge in [0.25, 0.3) is 11.5 Å². The lowest BCUT2D eigenvalue weighted by molar-refractivity contribution is -0.117. The van der Waals surface area contributed by atoms with Crippen molar-refractivity contribution in [1.82, 2.24) is 14.7 Å². The Bertz CT molecular complexity index is 1250. The first-order chi connectivity index (χ1) is 15.0. The van der Waals surface area contributed by atoms with Gasteiger partial charge in [0.15, 0.2) is 0 Å². The first kappa shape index (κ1) is 20.6. The molecule has 1 aromatic carbocycles. The third-order valence-electron chi connectivity index (χ3n) is 5.11. The SMILES string of the molecule is N#C/C(=C\c1c(Oc2ccc(Cl)cc2)nc2ccccn2c1=O)C(=O)NC1CCCC1. The Morgan fingerprint density at radius 3 is 2.68 bits per heavy atom. The lowest BCUT2D eigenvalue weighted by atomic mass is 10.1. The van der Waals surface area contributed by atoms with Crippen molar-refractivity contribution < 1.29 is 9.53 Å². The molecule has 1 saturated carbocycles. The number of carbonyl (C=O) groups is 1. The van der Waals surface area contributed by atoms with Crippen LogP contribution < -0.4 is 15.6 Å². The van der Waals surface area contributed by atoms with Gasteiger partial charge in [-0.15, -0.1) is 0 Å². The molecule has 156 valence electrons. The molecular formula is C23H19ClN4O3. The van der Waals surface area contributed by atoms with E-state index >= 15 is 0 Å². The molecule has 0 unspecified atom stereocenters. The van der Waals surface area contributed by atoms with Crippen molar-refractivity contribution in [2.24, 2.45) is 0 Å². The summed E-state index contributed by atoms with van der Waals surface area (Å²) in [4.78, 5) is 30.2. The average Bonchev–Trinajstić information content (AvgIpc) is 3.28. The number of nitrogens with one attached hydrogen (secondary N) is 1. The van der Waals surface area contributed by atoms with Crippen LogP contribution >= 0.6 is 11.6 Å². The summed E-state index contributed by atoms with van der Waals surface area (Å²) in [6.45, 7) is 0. The lowest BCUT2D eigenvalue weighted by Gasteiger charge is -2.12. The van der Waals surface area contributed by atoms with Gasteiger partial charge in [-0.1, -0.05) is 30.5 Å². The van der Waals surface area contributed by atoms with Gasteiger partial charge in [-0.25, -0.2) is 0 Å². The third kappa shape index (κ3) is 4.60. The Kier molecular flexibility index (Phi) is 6.01. The second kappa shape index (κ2) is 9.02. The van der Waals surface area contributed by atoms with Crippen molar-refractivity contribution in [3.63, 3.8) is 0 Å². The molecule has 4 rings (SSSR count). The van der Waals surface area contributed by atoms with E-state index in [-0.39, 0.29) is 23.1 Å². The number of nitriles is 1. The van der Waals surface area contributed by atoms with Crippen LogP contribution in [0.1, 0.15) is 31.2 Å². The molecule has 1 aliphatic rings.